The fourth-order valence-electron chi connectivity index (χ4n) is 5.30. The molecular formula is C32H39N3O2. The van der Waals surface area contributed by atoms with Gasteiger partial charge in [0.05, 0.1) is 18.6 Å². The van der Waals surface area contributed by atoms with Crippen molar-refractivity contribution >= 4 is 16.7 Å². The van der Waals surface area contributed by atoms with Crippen LogP contribution in [0.1, 0.15) is 45.1 Å². The maximum atomic E-state index is 8.22. The Morgan fingerprint density at radius 1 is 0.892 bits per heavy atom. The summed E-state index contributed by atoms with van der Waals surface area (Å²) in [6, 6.07) is 21.3. The number of rotatable bonds is 10. The standard InChI is InChI=1S/C32H39N3O2/c1-3-5-14-35(15-6-4-2)27-11-13-29-31(22-27)37-30-21-26(33)10-12-28(30)32(29)25-9-7-8-24(20-25)23-34-16-18-36-19-17-34/h7-13,20-22,33H,3-6,14-19,23H2,1-2H3. The zero-order valence-corrected chi connectivity index (χ0v) is 22.3. The zero-order valence-electron chi connectivity index (χ0n) is 22.3. The predicted octanol–water partition coefficient (Wildman–Crippen LogP) is 6.92. The number of benzene rings is 3. The van der Waals surface area contributed by atoms with E-state index in [1.807, 2.05) is 18.2 Å². The minimum atomic E-state index is 0.464. The Bertz CT molecular complexity index is 1350. The van der Waals surface area contributed by atoms with Gasteiger partial charge in [-0.1, -0.05) is 44.9 Å². The third-order valence-corrected chi connectivity index (χ3v) is 7.36. The Morgan fingerprint density at radius 2 is 1.68 bits per heavy atom. The molecule has 0 bridgehead atoms. The summed E-state index contributed by atoms with van der Waals surface area (Å²) in [6.45, 7) is 11.1. The lowest BCUT2D eigenvalue weighted by molar-refractivity contribution is 0.0342. The molecule has 1 fully saturated rings. The van der Waals surface area contributed by atoms with Gasteiger partial charge in [0, 0.05) is 67.1 Å². The lowest BCUT2D eigenvalue weighted by atomic mass is 9.92. The quantitative estimate of drug-likeness (QED) is 0.242. The molecule has 0 radical (unpaired) electrons. The normalized spacial score (nSPS) is 14.4. The predicted molar refractivity (Wildman–Crippen MR) is 152 cm³/mol. The van der Waals surface area contributed by atoms with Gasteiger partial charge >= 0.3 is 0 Å². The second-order valence-corrected chi connectivity index (χ2v) is 10.2. The van der Waals surface area contributed by atoms with E-state index < -0.39 is 0 Å². The van der Waals surface area contributed by atoms with E-state index in [0.29, 0.717) is 5.36 Å². The van der Waals surface area contributed by atoms with Crippen LogP contribution in [-0.4, -0.2) is 44.3 Å². The average molecular weight is 498 g/mol. The highest BCUT2D eigenvalue weighted by Crippen LogP contribution is 2.41. The first-order valence-corrected chi connectivity index (χ1v) is 13.9. The number of hydrogen-bond acceptors (Lipinski definition) is 5. The number of nitrogens with zero attached hydrogens (tertiary/aromatic N) is 2. The summed E-state index contributed by atoms with van der Waals surface area (Å²) >= 11 is 0. The summed E-state index contributed by atoms with van der Waals surface area (Å²) < 4.78 is 12.0. The van der Waals surface area contributed by atoms with Crippen LogP contribution < -0.4 is 10.3 Å². The molecule has 0 amide bonds. The average Bonchev–Trinajstić information content (AvgIpc) is 2.92. The number of fused-ring (bicyclic) bond motifs is 2. The smallest absolute Gasteiger partial charge is 0.137 e. The van der Waals surface area contributed by atoms with Gasteiger partial charge in [-0.05, 0) is 54.3 Å². The van der Waals surface area contributed by atoms with Crippen LogP contribution in [0.15, 0.2) is 65.1 Å². The molecule has 3 aliphatic rings. The first kappa shape index (κ1) is 25.5. The second kappa shape index (κ2) is 11.9. The van der Waals surface area contributed by atoms with Crippen molar-refractivity contribution in [2.75, 3.05) is 44.3 Å². The fourth-order valence-corrected chi connectivity index (χ4v) is 5.30. The topological polar surface area (TPSA) is 52.7 Å². The van der Waals surface area contributed by atoms with Crippen LogP contribution >= 0.6 is 0 Å². The highest BCUT2D eigenvalue weighted by atomic mass is 16.5. The minimum Gasteiger partial charge on any atom is -0.456 e. The third-order valence-electron chi connectivity index (χ3n) is 7.36. The van der Waals surface area contributed by atoms with Crippen molar-refractivity contribution in [1.82, 2.24) is 4.90 Å². The van der Waals surface area contributed by atoms with Gasteiger partial charge in [0.2, 0.25) is 0 Å². The summed E-state index contributed by atoms with van der Waals surface area (Å²) in [4.78, 5) is 4.95. The maximum absolute atomic E-state index is 8.22. The molecule has 5 nitrogen and oxygen atoms in total. The van der Waals surface area contributed by atoms with E-state index in [1.54, 1.807) is 0 Å². The SMILES string of the molecule is CCCCN(CCCC)c1ccc2c(-c3cccc(CN4CCOCC4)c3)c3ccc(=N)cc-3oc2c1. The Kier molecular flexibility index (Phi) is 8.22. The second-order valence-electron chi connectivity index (χ2n) is 10.2. The van der Waals surface area contributed by atoms with E-state index >= 15 is 0 Å². The number of hydrogen-bond donors (Lipinski definition) is 1. The maximum Gasteiger partial charge on any atom is 0.137 e. The molecule has 37 heavy (non-hydrogen) atoms. The Balaban J connectivity index is 1.60. The van der Waals surface area contributed by atoms with E-state index in [4.69, 9.17) is 14.6 Å². The van der Waals surface area contributed by atoms with Crippen LogP contribution in [0.5, 0.6) is 0 Å². The van der Waals surface area contributed by atoms with Crippen molar-refractivity contribution in [3.63, 3.8) is 0 Å². The van der Waals surface area contributed by atoms with Crippen molar-refractivity contribution in [2.24, 2.45) is 0 Å². The van der Waals surface area contributed by atoms with E-state index in [9.17, 15) is 0 Å². The van der Waals surface area contributed by atoms with Gasteiger partial charge in [0.25, 0.3) is 0 Å². The zero-order chi connectivity index (χ0) is 25.6. The highest BCUT2D eigenvalue weighted by molar-refractivity contribution is 6.02. The molecule has 0 unspecified atom stereocenters. The van der Waals surface area contributed by atoms with Crippen molar-refractivity contribution in [2.45, 2.75) is 46.1 Å². The molecule has 2 aromatic carbocycles. The van der Waals surface area contributed by atoms with Gasteiger partial charge < -0.3 is 19.5 Å². The Labute approximate surface area is 220 Å². The van der Waals surface area contributed by atoms with Crippen LogP contribution in [0.3, 0.4) is 0 Å². The van der Waals surface area contributed by atoms with Crippen LogP contribution in [0.25, 0.3) is 33.4 Å². The molecule has 1 N–H and O–H groups in total. The monoisotopic (exact) mass is 497 g/mol. The molecular weight excluding hydrogens is 458 g/mol. The van der Waals surface area contributed by atoms with E-state index in [-0.39, 0.29) is 0 Å². The minimum absolute atomic E-state index is 0.464. The summed E-state index contributed by atoms with van der Waals surface area (Å²) in [5, 5.41) is 9.79. The molecule has 2 aliphatic heterocycles. The Morgan fingerprint density at radius 3 is 2.43 bits per heavy atom. The van der Waals surface area contributed by atoms with E-state index in [2.05, 4.69) is 66.1 Å². The molecule has 2 heterocycles. The van der Waals surface area contributed by atoms with Crippen molar-refractivity contribution in [3.8, 4) is 22.5 Å². The molecule has 1 saturated heterocycles. The number of morpholine rings is 1. The largest absolute Gasteiger partial charge is 0.456 e. The van der Waals surface area contributed by atoms with Crippen molar-refractivity contribution in [1.29, 1.82) is 5.41 Å². The lowest BCUT2D eigenvalue weighted by Gasteiger charge is -2.27. The molecule has 1 aliphatic carbocycles. The van der Waals surface area contributed by atoms with Gasteiger partial charge in [-0.3, -0.25) is 4.90 Å². The molecule has 0 aromatic heterocycles. The van der Waals surface area contributed by atoms with Gasteiger partial charge in [0.15, 0.2) is 0 Å². The molecule has 2 aromatic rings. The summed E-state index contributed by atoms with van der Waals surface area (Å²) in [5.41, 5.74) is 6.82. The van der Waals surface area contributed by atoms with Gasteiger partial charge in [0.1, 0.15) is 11.3 Å². The van der Waals surface area contributed by atoms with Crippen LogP contribution in [0, 0.1) is 5.41 Å². The molecule has 5 rings (SSSR count). The van der Waals surface area contributed by atoms with Crippen LogP contribution in [0.2, 0.25) is 0 Å². The summed E-state index contributed by atoms with van der Waals surface area (Å²) in [7, 11) is 0. The van der Waals surface area contributed by atoms with Gasteiger partial charge in [-0.25, -0.2) is 0 Å². The Hall–Kier alpha value is -3.15. The molecule has 0 atom stereocenters. The molecule has 0 spiro atoms. The first-order chi connectivity index (χ1) is 18.2. The van der Waals surface area contributed by atoms with E-state index in [1.165, 1.54) is 48.1 Å². The van der Waals surface area contributed by atoms with Crippen molar-refractivity contribution < 1.29 is 9.15 Å². The first-order valence-electron chi connectivity index (χ1n) is 13.9. The lowest BCUT2D eigenvalue weighted by Crippen LogP contribution is -2.35. The molecule has 194 valence electrons. The molecule has 0 saturated carbocycles. The number of anilines is 1. The summed E-state index contributed by atoms with van der Waals surface area (Å²) in [5.74, 6) is 0.763. The van der Waals surface area contributed by atoms with Gasteiger partial charge in [-0.15, -0.1) is 0 Å². The molecule has 5 heteroatoms. The van der Waals surface area contributed by atoms with E-state index in [0.717, 1.165) is 68.2 Å². The van der Waals surface area contributed by atoms with Crippen molar-refractivity contribution in [3.05, 3.63) is 71.6 Å². The highest BCUT2D eigenvalue weighted by Gasteiger charge is 2.19. The fraction of sp³-hybridized carbons (Fsp3) is 0.406. The third kappa shape index (κ3) is 5.89. The number of ether oxygens (including phenoxy) is 1. The summed E-state index contributed by atoms with van der Waals surface area (Å²) in [6.07, 6.45) is 4.73. The van der Waals surface area contributed by atoms with Crippen LogP contribution in [0.4, 0.5) is 5.69 Å². The van der Waals surface area contributed by atoms with Gasteiger partial charge in [-0.2, -0.15) is 0 Å². The van der Waals surface area contributed by atoms with Crippen LogP contribution in [-0.2, 0) is 11.3 Å². The number of nitrogens with one attached hydrogen (secondary N) is 1. The number of unbranched alkanes of at least 4 members (excludes halogenated alkanes) is 2.